The fourth-order valence-electron chi connectivity index (χ4n) is 3.78. The average Bonchev–Trinajstić information content (AvgIpc) is 3.18. The van der Waals surface area contributed by atoms with Crippen molar-refractivity contribution in [3.8, 4) is 0 Å². The number of aliphatic imine (C=N–C) groups is 1. The summed E-state index contributed by atoms with van der Waals surface area (Å²) in [7, 11) is 1.85. The number of pyridine rings is 1. The van der Waals surface area contributed by atoms with Crippen LogP contribution in [0.5, 0.6) is 0 Å². The molecule has 0 amide bonds. The van der Waals surface area contributed by atoms with E-state index >= 15 is 0 Å². The van der Waals surface area contributed by atoms with Crippen molar-refractivity contribution in [2.24, 2.45) is 10.9 Å². The Hall–Kier alpha value is -1.62. The van der Waals surface area contributed by atoms with Gasteiger partial charge in [0, 0.05) is 44.5 Å². The number of likely N-dealkylation sites (tertiary alicyclic amines) is 1. The first-order chi connectivity index (χ1) is 12.3. The molecule has 2 N–H and O–H groups in total. The molecule has 0 radical (unpaired) electrons. The van der Waals surface area contributed by atoms with Crippen LogP contribution in [0.4, 0.5) is 0 Å². The highest BCUT2D eigenvalue weighted by Gasteiger charge is 2.27. The van der Waals surface area contributed by atoms with Crippen LogP contribution in [0.25, 0.3) is 0 Å². The molecule has 1 aromatic rings. The van der Waals surface area contributed by atoms with Gasteiger partial charge < -0.3 is 10.6 Å². The summed E-state index contributed by atoms with van der Waals surface area (Å²) < 4.78 is 0. The predicted octanol–water partition coefficient (Wildman–Crippen LogP) is 2.69. The fraction of sp³-hybridized carbons (Fsp3) is 0.700. The number of rotatable bonds is 9. The maximum Gasteiger partial charge on any atom is 0.191 e. The minimum atomic E-state index is 0.604. The van der Waals surface area contributed by atoms with Gasteiger partial charge in [0.15, 0.2) is 5.96 Å². The van der Waals surface area contributed by atoms with Crippen LogP contribution < -0.4 is 10.6 Å². The maximum absolute atomic E-state index is 4.38. The molecule has 1 aromatic heterocycles. The Balaban J connectivity index is 1.81. The number of nitrogens with one attached hydrogen (secondary N) is 2. The molecule has 0 aliphatic carbocycles. The molecule has 0 spiro atoms. The molecule has 2 heterocycles. The Morgan fingerprint density at radius 2 is 1.96 bits per heavy atom. The number of nitrogens with zero attached hydrogens (tertiary/aromatic N) is 3. The van der Waals surface area contributed by atoms with Crippen LogP contribution in [0.1, 0.15) is 45.2 Å². The third-order valence-electron chi connectivity index (χ3n) is 5.30. The lowest BCUT2D eigenvalue weighted by molar-refractivity contribution is 0.167. The summed E-state index contributed by atoms with van der Waals surface area (Å²) in [6.45, 7) is 8.93. The zero-order valence-corrected chi connectivity index (χ0v) is 16.2. The van der Waals surface area contributed by atoms with Crippen LogP contribution in [-0.4, -0.2) is 55.1 Å². The van der Waals surface area contributed by atoms with Gasteiger partial charge in [-0.2, -0.15) is 0 Å². The van der Waals surface area contributed by atoms with Gasteiger partial charge in [0.2, 0.25) is 0 Å². The van der Waals surface area contributed by atoms with Crippen molar-refractivity contribution in [1.82, 2.24) is 20.5 Å². The molecule has 5 heteroatoms. The van der Waals surface area contributed by atoms with Crippen LogP contribution in [0, 0.1) is 5.92 Å². The SMILES string of the molecule is CCC(CC)C(CNC(=NC)NCCc1ccccn1)N1CCCC1. The van der Waals surface area contributed by atoms with Crippen molar-refractivity contribution in [1.29, 1.82) is 0 Å². The van der Waals surface area contributed by atoms with E-state index in [1.165, 1.54) is 38.8 Å². The molecule has 1 fully saturated rings. The van der Waals surface area contributed by atoms with E-state index in [1.807, 2.05) is 25.4 Å². The Morgan fingerprint density at radius 3 is 2.56 bits per heavy atom. The Morgan fingerprint density at radius 1 is 1.20 bits per heavy atom. The van der Waals surface area contributed by atoms with Gasteiger partial charge in [-0.3, -0.25) is 14.9 Å². The summed E-state index contributed by atoms with van der Waals surface area (Å²) in [4.78, 5) is 11.4. The summed E-state index contributed by atoms with van der Waals surface area (Å²) in [5.41, 5.74) is 1.11. The Bertz CT molecular complexity index is 490. The molecule has 1 aliphatic rings. The van der Waals surface area contributed by atoms with Crippen molar-refractivity contribution in [2.75, 3.05) is 33.2 Å². The second-order valence-electron chi connectivity index (χ2n) is 6.84. The van der Waals surface area contributed by atoms with Crippen LogP contribution >= 0.6 is 0 Å². The fourth-order valence-corrected chi connectivity index (χ4v) is 3.78. The van der Waals surface area contributed by atoms with Crippen molar-refractivity contribution in [3.05, 3.63) is 30.1 Å². The largest absolute Gasteiger partial charge is 0.356 e. The van der Waals surface area contributed by atoms with Crippen LogP contribution in [-0.2, 0) is 6.42 Å². The zero-order valence-electron chi connectivity index (χ0n) is 16.2. The molecule has 0 aromatic carbocycles. The van der Waals surface area contributed by atoms with E-state index < -0.39 is 0 Å². The molecule has 1 unspecified atom stereocenters. The minimum Gasteiger partial charge on any atom is -0.356 e. The van der Waals surface area contributed by atoms with Gasteiger partial charge in [-0.15, -0.1) is 0 Å². The smallest absolute Gasteiger partial charge is 0.191 e. The molecule has 5 nitrogen and oxygen atoms in total. The lowest BCUT2D eigenvalue weighted by atomic mass is 9.93. The van der Waals surface area contributed by atoms with Crippen LogP contribution in [0.15, 0.2) is 29.4 Å². The van der Waals surface area contributed by atoms with E-state index in [4.69, 9.17) is 0 Å². The number of hydrogen-bond acceptors (Lipinski definition) is 3. The summed E-state index contributed by atoms with van der Waals surface area (Å²) in [6, 6.07) is 6.65. The van der Waals surface area contributed by atoms with Gasteiger partial charge in [0.1, 0.15) is 0 Å². The Labute approximate surface area is 153 Å². The van der Waals surface area contributed by atoms with Gasteiger partial charge in [0.25, 0.3) is 0 Å². The molecule has 140 valence electrons. The van der Waals surface area contributed by atoms with E-state index in [1.54, 1.807) is 0 Å². The normalized spacial score (nSPS) is 17.0. The predicted molar refractivity (Wildman–Crippen MR) is 106 cm³/mol. The van der Waals surface area contributed by atoms with Crippen LogP contribution in [0.2, 0.25) is 0 Å². The van der Waals surface area contributed by atoms with Crippen LogP contribution in [0.3, 0.4) is 0 Å². The lowest BCUT2D eigenvalue weighted by Gasteiger charge is -2.34. The molecule has 1 atom stereocenters. The second-order valence-corrected chi connectivity index (χ2v) is 6.84. The number of hydrogen-bond donors (Lipinski definition) is 2. The van der Waals surface area contributed by atoms with Gasteiger partial charge in [-0.25, -0.2) is 0 Å². The first-order valence-electron chi connectivity index (χ1n) is 9.86. The molecule has 2 rings (SSSR count). The molecule has 0 bridgehead atoms. The van der Waals surface area contributed by atoms with Gasteiger partial charge in [-0.1, -0.05) is 32.8 Å². The average molecular weight is 346 g/mol. The first-order valence-corrected chi connectivity index (χ1v) is 9.86. The quantitative estimate of drug-likeness (QED) is 0.534. The van der Waals surface area contributed by atoms with E-state index in [0.717, 1.165) is 37.1 Å². The Kier molecular flexibility index (Phi) is 8.73. The van der Waals surface area contributed by atoms with Crippen molar-refractivity contribution in [3.63, 3.8) is 0 Å². The standard InChI is InChI=1S/C20H35N5/c1-4-17(5-2)19(25-14-8-9-15-25)16-24-20(21-3)23-13-11-18-10-6-7-12-22-18/h6-7,10,12,17,19H,4-5,8-9,11,13-16H2,1-3H3,(H2,21,23,24). The highest BCUT2D eigenvalue weighted by atomic mass is 15.2. The molecular formula is C20H35N5. The summed E-state index contributed by atoms with van der Waals surface area (Å²) in [5, 5.41) is 6.98. The van der Waals surface area contributed by atoms with E-state index in [0.29, 0.717) is 6.04 Å². The molecule has 1 aliphatic heterocycles. The molecule has 1 saturated heterocycles. The number of guanidine groups is 1. The van der Waals surface area contributed by atoms with Crippen molar-refractivity contribution < 1.29 is 0 Å². The van der Waals surface area contributed by atoms with Gasteiger partial charge in [0.05, 0.1) is 0 Å². The summed E-state index contributed by atoms with van der Waals surface area (Å²) in [5.74, 6) is 1.64. The third-order valence-corrected chi connectivity index (χ3v) is 5.30. The molecule has 0 saturated carbocycles. The second kappa shape index (κ2) is 11.1. The van der Waals surface area contributed by atoms with Crippen molar-refractivity contribution in [2.45, 2.75) is 52.0 Å². The topological polar surface area (TPSA) is 52.6 Å². The van der Waals surface area contributed by atoms with E-state index in [2.05, 4.69) is 45.4 Å². The lowest BCUT2D eigenvalue weighted by Crippen LogP contribution is -2.49. The zero-order chi connectivity index (χ0) is 17.9. The molecule has 25 heavy (non-hydrogen) atoms. The highest BCUT2D eigenvalue weighted by molar-refractivity contribution is 5.79. The first kappa shape index (κ1) is 19.7. The molecular weight excluding hydrogens is 310 g/mol. The van der Waals surface area contributed by atoms with E-state index in [9.17, 15) is 0 Å². The summed E-state index contributed by atoms with van der Waals surface area (Å²) in [6.07, 6.45) is 7.92. The summed E-state index contributed by atoms with van der Waals surface area (Å²) >= 11 is 0. The minimum absolute atomic E-state index is 0.604. The highest BCUT2D eigenvalue weighted by Crippen LogP contribution is 2.22. The van der Waals surface area contributed by atoms with Gasteiger partial charge >= 0.3 is 0 Å². The monoisotopic (exact) mass is 345 g/mol. The maximum atomic E-state index is 4.38. The third kappa shape index (κ3) is 6.31. The van der Waals surface area contributed by atoms with Gasteiger partial charge in [-0.05, 0) is 44.0 Å². The number of aromatic nitrogens is 1. The van der Waals surface area contributed by atoms with E-state index in [-0.39, 0.29) is 0 Å². The van der Waals surface area contributed by atoms with Crippen molar-refractivity contribution >= 4 is 5.96 Å².